The van der Waals surface area contributed by atoms with Gasteiger partial charge in [-0.1, -0.05) is 36.4 Å². The van der Waals surface area contributed by atoms with E-state index < -0.39 is 0 Å². The minimum atomic E-state index is 0.113. The van der Waals surface area contributed by atoms with E-state index in [0.29, 0.717) is 38.2 Å². The molecule has 1 unspecified atom stereocenters. The number of likely N-dealkylation sites (tertiary alicyclic amines) is 1. The molecule has 0 radical (unpaired) electrons. The Kier molecular flexibility index (Phi) is 8.43. The summed E-state index contributed by atoms with van der Waals surface area (Å²) in [5, 5.41) is 2.49. The smallest absolute Gasteiger partial charge is 0.318 e. The maximum absolute atomic E-state index is 12.4. The van der Waals surface area contributed by atoms with Crippen LogP contribution in [0.5, 0.6) is 6.01 Å². The second kappa shape index (κ2) is 12.5. The van der Waals surface area contributed by atoms with E-state index >= 15 is 0 Å². The molecule has 0 saturated carbocycles. The number of ether oxygens (including phenoxy) is 1. The van der Waals surface area contributed by atoms with Crippen LogP contribution in [-0.4, -0.2) is 91.7 Å². The molecule has 42 heavy (non-hydrogen) atoms. The predicted molar refractivity (Wildman–Crippen MR) is 166 cm³/mol. The van der Waals surface area contributed by atoms with E-state index in [4.69, 9.17) is 21.3 Å². The molecule has 0 bridgehead atoms. The number of hydrogen-bond acceptors (Lipinski definition) is 7. The van der Waals surface area contributed by atoms with Gasteiger partial charge in [0, 0.05) is 62.3 Å². The van der Waals surface area contributed by atoms with Crippen molar-refractivity contribution in [1.82, 2.24) is 19.8 Å². The molecule has 2 aromatic carbocycles. The van der Waals surface area contributed by atoms with Crippen molar-refractivity contribution in [2.24, 2.45) is 5.92 Å². The number of amides is 1. The number of anilines is 2. The van der Waals surface area contributed by atoms with E-state index in [-0.39, 0.29) is 11.9 Å². The number of rotatable bonds is 8. The fourth-order valence-electron chi connectivity index (χ4n) is 6.72. The first-order valence-electron chi connectivity index (χ1n) is 15.3. The van der Waals surface area contributed by atoms with Crippen LogP contribution in [0.25, 0.3) is 15.6 Å². The molecule has 0 spiro atoms. The van der Waals surface area contributed by atoms with Gasteiger partial charge in [-0.05, 0) is 50.1 Å². The molecule has 6 rings (SSSR count). The van der Waals surface area contributed by atoms with Crippen LogP contribution in [-0.2, 0) is 17.8 Å². The third kappa shape index (κ3) is 6.00. The lowest BCUT2D eigenvalue weighted by atomic mass is 9.96. The standard InChI is InChI=1S/C33H41N7O2/c1-34-19-24-9-7-17-40(20-24)32-28-15-18-39(30-14-6-11-25-10-4-5-13-27(25)30)21-29(28)35-33(36-32)42-23-26-12-8-16-38(26)22-31(41)37(2)3/h4-6,10-11,13-14,24,26H,7-9,12,15-23H2,2-3H3/t24?,26-/m0/s1. The highest BCUT2D eigenvalue weighted by molar-refractivity contribution is 5.94. The van der Waals surface area contributed by atoms with Crippen molar-refractivity contribution >= 4 is 28.2 Å². The second-order valence-corrected chi connectivity index (χ2v) is 12.1. The largest absolute Gasteiger partial charge is 0.462 e. The number of piperidine rings is 1. The molecule has 2 atom stereocenters. The van der Waals surface area contributed by atoms with E-state index in [1.54, 1.807) is 19.0 Å². The third-order valence-electron chi connectivity index (χ3n) is 9.04. The molecule has 2 fully saturated rings. The summed E-state index contributed by atoms with van der Waals surface area (Å²) in [5.41, 5.74) is 3.46. The van der Waals surface area contributed by atoms with Gasteiger partial charge in [-0.3, -0.25) is 9.69 Å². The van der Waals surface area contributed by atoms with Crippen molar-refractivity contribution in [3.05, 3.63) is 65.1 Å². The lowest BCUT2D eigenvalue weighted by Gasteiger charge is -2.36. The van der Waals surface area contributed by atoms with Gasteiger partial charge in [0.1, 0.15) is 12.4 Å². The van der Waals surface area contributed by atoms with Crippen LogP contribution < -0.4 is 14.5 Å². The predicted octanol–water partition coefficient (Wildman–Crippen LogP) is 4.26. The number of aromatic nitrogens is 2. The number of hydrogen-bond donors (Lipinski definition) is 0. The Morgan fingerprint density at radius 3 is 2.74 bits per heavy atom. The van der Waals surface area contributed by atoms with Crippen molar-refractivity contribution in [1.29, 1.82) is 0 Å². The monoisotopic (exact) mass is 567 g/mol. The van der Waals surface area contributed by atoms with Crippen LogP contribution in [0.3, 0.4) is 0 Å². The number of fused-ring (bicyclic) bond motifs is 2. The van der Waals surface area contributed by atoms with Crippen LogP contribution in [0.15, 0.2) is 42.5 Å². The maximum atomic E-state index is 12.4. The molecule has 0 N–H and O–H groups in total. The molecule has 3 aliphatic heterocycles. The van der Waals surface area contributed by atoms with Crippen molar-refractivity contribution in [3.8, 4) is 6.01 Å². The zero-order valence-corrected chi connectivity index (χ0v) is 24.8. The van der Waals surface area contributed by atoms with Crippen molar-refractivity contribution in [2.45, 2.75) is 44.7 Å². The van der Waals surface area contributed by atoms with Crippen LogP contribution in [0.4, 0.5) is 11.5 Å². The number of likely N-dealkylation sites (N-methyl/N-ethyl adjacent to an activating group) is 1. The van der Waals surface area contributed by atoms with E-state index in [9.17, 15) is 4.79 Å². The highest BCUT2D eigenvalue weighted by Crippen LogP contribution is 2.35. The van der Waals surface area contributed by atoms with Crippen LogP contribution in [0, 0.1) is 12.5 Å². The van der Waals surface area contributed by atoms with E-state index in [1.165, 1.54) is 22.0 Å². The molecule has 220 valence electrons. The van der Waals surface area contributed by atoms with Gasteiger partial charge in [0.25, 0.3) is 0 Å². The number of carbonyl (C=O) groups is 1. The summed E-state index contributed by atoms with van der Waals surface area (Å²) in [6, 6.07) is 15.6. The van der Waals surface area contributed by atoms with Crippen molar-refractivity contribution < 1.29 is 9.53 Å². The highest BCUT2D eigenvalue weighted by atomic mass is 16.5. The molecule has 9 nitrogen and oxygen atoms in total. The summed E-state index contributed by atoms with van der Waals surface area (Å²) >= 11 is 0. The lowest BCUT2D eigenvalue weighted by molar-refractivity contribution is -0.130. The van der Waals surface area contributed by atoms with Crippen molar-refractivity contribution in [2.75, 3.05) is 69.8 Å². The summed E-state index contributed by atoms with van der Waals surface area (Å²) in [6.07, 6.45) is 5.07. The fourth-order valence-corrected chi connectivity index (χ4v) is 6.72. The Bertz CT molecular complexity index is 1460. The van der Waals surface area contributed by atoms with E-state index in [1.807, 2.05) is 0 Å². The van der Waals surface area contributed by atoms with Gasteiger partial charge in [-0.2, -0.15) is 9.97 Å². The van der Waals surface area contributed by atoms with Gasteiger partial charge in [0.15, 0.2) is 0 Å². The van der Waals surface area contributed by atoms with Gasteiger partial charge >= 0.3 is 6.01 Å². The third-order valence-corrected chi connectivity index (χ3v) is 9.04. The second-order valence-electron chi connectivity index (χ2n) is 12.1. The Morgan fingerprint density at radius 1 is 1.05 bits per heavy atom. The van der Waals surface area contributed by atoms with Crippen LogP contribution in [0.2, 0.25) is 0 Å². The first-order chi connectivity index (χ1) is 20.5. The molecule has 9 heteroatoms. The number of carbonyl (C=O) groups excluding carboxylic acids is 1. The summed E-state index contributed by atoms with van der Waals surface area (Å²) in [7, 11) is 3.61. The molecule has 2 saturated heterocycles. The SMILES string of the molecule is [C-]#[N+]CC1CCCN(c2nc(OC[C@@H]3CCCN3CC(=O)N(C)C)nc3c2CCN(c2cccc4ccccc24)C3)C1. The lowest BCUT2D eigenvalue weighted by Crippen LogP contribution is -2.42. The minimum Gasteiger partial charge on any atom is -0.462 e. The topological polar surface area (TPSA) is 69.4 Å². The van der Waals surface area contributed by atoms with Gasteiger partial charge < -0.3 is 24.3 Å². The van der Waals surface area contributed by atoms with E-state index in [2.05, 4.69) is 62.0 Å². The molecular formula is C33H41N7O2. The number of benzene rings is 2. The molecule has 1 amide bonds. The molecular weight excluding hydrogens is 526 g/mol. The van der Waals surface area contributed by atoms with E-state index in [0.717, 1.165) is 69.8 Å². The average molecular weight is 568 g/mol. The van der Waals surface area contributed by atoms with Crippen LogP contribution in [0.1, 0.15) is 36.9 Å². The summed E-state index contributed by atoms with van der Waals surface area (Å²) < 4.78 is 6.36. The Balaban J connectivity index is 1.28. The van der Waals surface area contributed by atoms with Gasteiger partial charge in [-0.15, -0.1) is 0 Å². The molecule has 3 aromatic rings. The number of nitrogens with zero attached hydrogens (tertiary/aromatic N) is 7. The normalized spacial score (nSPS) is 20.8. The summed E-state index contributed by atoms with van der Waals surface area (Å²) in [4.78, 5) is 34.8. The van der Waals surface area contributed by atoms with Crippen molar-refractivity contribution in [3.63, 3.8) is 0 Å². The Morgan fingerprint density at radius 2 is 1.88 bits per heavy atom. The quantitative estimate of drug-likeness (QED) is 0.377. The zero-order valence-electron chi connectivity index (χ0n) is 24.8. The molecule has 1 aromatic heterocycles. The van der Waals surface area contributed by atoms with Crippen LogP contribution >= 0.6 is 0 Å². The molecule has 3 aliphatic rings. The first kappa shape index (κ1) is 28.2. The Labute approximate surface area is 248 Å². The summed E-state index contributed by atoms with van der Waals surface area (Å²) in [6.45, 7) is 13.1. The fraction of sp³-hybridized carbons (Fsp3) is 0.515. The van der Waals surface area contributed by atoms with Gasteiger partial charge in [0.05, 0.1) is 18.8 Å². The molecule has 0 aliphatic carbocycles. The average Bonchev–Trinajstić information content (AvgIpc) is 3.46. The van der Waals surface area contributed by atoms with Gasteiger partial charge in [0.2, 0.25) is 12.5 Å². The Hall–Kier alpha value is -3.90. The highest BCUT2D eigenvalue weighted by Gasteiger charge is 2.31. The maximum Gasteiger partial charge on any atom is 0.318 e. The minimum absolute atomic E-state index is 0.113. The zero-order chi connectivity index (χ0) is 29.1. The first-order valence-corrected chi connectivity index (χ1v) is 15.3. The van der Waals surface area contributed by atoms with Gasteiger partial charge in [-0.25, -0.2) is 6.57 Å². The summed E-state index contributed by atoms with van der Waals surface area (Å²) in [5.74, 6) is 1.46. The molecule has 4 heterocycles.